The average Bonchev–Trinajstić information content (AvgIpc) is 2.59. The number of halogens is 4. The molecule has 0 aliphatic rings. The number of carbonyl (C=O) groups excluding carboxylic acids is 2. The van der Waals surface area contributed by atoms with E-state index in [-0.39, 0.29) is 5.69 Å². The third-order valence-corrected chi connectivity index (χ3v) is 2.98. The lowest BCUT2D eigenvalue weighted by Crippen LogP contribution is -2.20. The topological polar surface area (TPSA) is 64.6 Å². The number of benzene rings is 2. The van der Waals surface area contributed by atoms with Crippen LogP contribution in [0.5, 0.6) is 5.75 Å². The van der Waals surface area contributed by atoms with Gasteiger partial charge in [0.15, 0.2) is 6.61 Å². The van der Waals surface area contributed by atoms with Crippen LogP contribution in [-0.4, -0.2) is 24.8 Å². The molecule has 0 aromatic heterocycles. The highest BCUT2D eigenvalue weighted by atomic mass is 19.4. The first-order valence-electron chi connectivity index (χ1n) is 7.47. The summed E-state index contributed by atoms with van der Waals surface area (Å²) in [5.74, 6) is -2.40. The van der Waals surface area contributed by atoms with E-state index in [1.807, 2.05) is 0 Å². The van der Waals surface area contributed by atoms with Crippen molar-refractivity contribution in [1.82, 2.24) is 0 Å². The molecule has 0 aliphatic heterocycles. The zero-order chi connectivity index (χ0) is 19.9. The van der Waals surface area contributed by atoms with Gasteiger partial charge in [-0.05, 0) is 48.0 Å². The van der Waals surface area contributed by atoms with Crippen LogP contribution in [0.3, 0.4) is 0 Å². The van der Waals surface area contributed by atoms with Gasteiger partial charge in [-0.25, -0.2) is 9.18 Å². The average molecular weight is 383 g/mol. The van der Waals surface area contributed by atoms with Crippen LogP contribution in [-0.2, 0) is 14.3 Å². The SMILES string of the molecule is O=C(COC(=O)/C=C/c1cccc(F)c1)Nc1ccc(OC(F)(F)F)cc1. The Balaban J connectivity index is 1.79. The van der Waals surface area contributed by atoms with Gasteiger partial charge >= 0.3 is 12.3 Å². The van der Waals surface area contributed by atoms with E-state index in [1.54, 1.807) is 6.07 Å². The normalized spacial score (nSPS) is 11.3. The summed E-state index contributed by atoms with van der Waals surface area (Å²) >= 11 is 0. The van der Waals surface area contributed by atoms with Gasteiger partial charge in [0.1, 0.15) is 11.6 Å². The first-order chi connectivity index (χ1) is 12.7. The largest absolute Gasteiger partial charge is 0.573 e. The maximum absolute atomic E-state index is 13.0. The Labute approximate surface area is 151 Å². The second kappa shape index (κ2) is 8.84. The Morgan fingerprint density at radius 2 is 1.78 bits per heavy atom. The summed E-state index contributed by atoms with van der Waals surface area (Å²) in [6, 6.07) is 9.96. The van der Waals surface area contributed by atoms with Gasteiger partial charge in [0.2, 0.25) is 0 Å². The molecule has 0 radical (unpaired) electrons. The second-order valence-corrected chi connectivity index (χ2v) is 5.12. The number of amides is 1. The molecule has 0 heterocycles. The van der Waals surface area contributed by atoms with Crippen LogP contribution < -0.4 is 10.1 Å². The number of nitrogens with one attached hydrogen (secondary N) is 1. The number of alkyl halides is 3. The molecule has 2 aromatic carbocycles. The third kappa shape index (κ3) is 7.59. The maximum atomic E-state index is 13.0. The number of rotatable bonds is 6. The predicted molar refractivity (Wildman–Crippen MR) is 88.1 cm³/mol. The minimum Gasteiger partial charge on any atom is -0.452 e. The Kier molecular flexibility index (Phi) is 6.53. The molecule has 0 unspecified atom stereocenters. The van der Waals surface area contributed by atoms with Crippen molar-refractivity contribution in [2.45, 2.75) is 6.36 Å². The predicted octanol–water partition coefficient (Wildman–Crippen LogP) is 3.92. The number of esters is 1. The summed E-state index contributed by atoms with van der Waals surface area (Å²) in [5.41, 5.74) is 0.637. The Bertz CT molecular complexity index is 832. The molecule has 2 rings (SSSR count). The van der Waals surface area contributed by atoms with Gasteiger partial charge in [-0.1, -0.05) is 12.1 Å². The van der Waals surface area contributed by atoms with Crippen LogP contribution in [0.2, 0.25) is 0 Å². The van der Waals surface area contributed by atoms with Gasteiger partial charge in [0.05, 0.1) is 0 Å². The lowest BCUT2D eigenvalue weighted by molar-refractivity contribution is -0.274. The molecule has 0 saturated carbocycles. The van der Waals surface area contributed by atoms with E-state index in [1.165, 1.54) is 36.4 Å². The van der Waals surface area contributed by atoms with Crippen LogP contribution in [0.4, 0.5) is 23.2 Å². The highest BCUT2D eigenvalue weighted by molar-refractivity contribution is 5.94. The number of anilines is 1. The molecule has 0 fully saturated rings. The minimum absolute atomic E-state index is 0.195. The van der Waals surface area contributed by atoms with Crippen LogP contribution in [0.1, 0.15) is 5.56 Å². The van der Waals surface area contributed by atoms with Crippen LogP contribution in [0, 0.1) is 5.82 Å². The summed E-state index contributed by atoms with van der Waals surface area (Å²) < 4.78 is 57.6. The summed E-state index contributed by atoms with van der Waals surface area (Å²) in [6.45, 7) is -0.604. The quantitative estimate of drug-likeness (QED) is 0.467. The van der Waals surface area contributed by atoms with Gasteiger partial charge in [-0.3, -0.25) is 4.79 Å². The van der Waals surface area contributed by atoms with Gasteiger partial charge in [0, 0.05) is 11.8 Å². The van der Waals surface area contributed by atoms with E-state index in [0.29, 0.717) is 5.56 Å². The van der Waals surface area contributed by atoms with E-state index in [0.717, 1.165) is 18.2 Å². The summed E-state index contributed by atoms with van der Waals surface area (Å²) in [6.07, 6.45) is -2.45. The fourth-order valence-corrected chi connectivity index (χ4v) is 1.90. The lowest BCUT2D eigenvalue weighted by atomic mass is 10.2. The zero-order valence-corrected chi connectivity index (χ0v) is 13.6. The van der Waals surface area contributed by atoms with Crippen LogP contribution in [0.25, 0.3) is 6.08 Å². The molecule has 1 amide bonds. The molecule has 9 heteroatoms. The van der Waals surface area contributed by atoms with E-state index >= 15 is 0 Å². The summed E-state index contributed by atoms with van der Waals surface area (Å²) in [7, 11) is 0. The fraction of sp³-hybridized carbons (Fsp3) is 0.111. The monoisotopic (exact) mass is 383 g/mol. The van der Waals surface area contributed by atoms with Crippen molar-refractivity contribution in [2.24, 2.45) is 0 Å². The molecule has 1 N–H and O–H groups in total. The highest BCUT2D eigenvalue weighted by Gasteiger charge is 2.30. The van der Waals surface area contributed by atoms with Crippen molar-refractivity contribution < 1.29 is 36.6 Å². The van der Waals surface area contributed by atoms with Crippen LogP contribution in [0.15, 0.2) is 54.6 Å². The molecule has 5 nitrogen and oxygen atoms in total. The Hall–Kier alpha value is -3.36. The molecule has 27 heavy (non-hydrogen) atoms. The summed E-state index contributed by atoms with van der Waals surface area (Å²) in [5, 5.41) is 2.34. The lowest BCUT2D eigenvalue weighted by Gasteiger charge is -2.10. The van der Waals surface area contributed by atoms with Gasteiger partial charge in [-0.2, -0.15) is 0 Å². The molecule has 0 aliphatic carbocycles. The van der Waals surface area contributed by atoms with Gasteiger partial charge in [-0.15, -0.1) is 13.2 Å². The fourth-order valence-electron chi connectivity index (χ4n) is 1.90. The van der Waals surface area contributed by atoms with Crippen LogP contribution >= 0.6 is 0 Å². The van der Waals surface area contributed by atoms with Gasteiger partial charge in [0.25, 0.3) is 5.91 Å². The first-order valence-corrected chi connectivity index (χ1v) is 7.47. The van der Waals surface area contributed by atoms with E-state index in [4.69, 9.17) is 4.74 Å². The molecule has 0 bridgehead atoms. The number of carbonyl (C=O) groups is 2. The second-order valence-electron chi connectivity index (χ2n) is 5.12. The maximum Gasteiger partial charge on any atom is 0.573 e. The molecule has 0 saturated heterocycles. The van der Waals surface area contributed by atoms with Crippen molar-refractivity contribution in [2.75, 3.05) is 11.9 Å². The van der Waals surface area contributed by atoms with Crippen molar-refractivity contribution in [3.63, 3.8) is 0 Å². The molecular formula is C18H13F4NO4. The molecular weight excluding hydrogens is 370 g/mol. The van der Waals surface area contributed by atoms with E-state index < -0.39 is 36.4 Å². The number of hydrogen-bond donors (Lipinski definition) is 1. The number of hydrogen-bond acceptors (Lipinski definition) is 4. The summed E-state index contributed by atoms with van der Waals surface area (Å²) in [4.78, 5) is 23.2. The van der Waals surface area contributed by atoms with Crippen molar-refractivity contribution >= 4 is 23.6 Å². The first kappa shape index (κ1) is 20.0. The Morgan fingerprint density at radius 3 is 2.41 bits per heavy atom. The zero-order valence-electron chi connectivity index (χ0n) is 13.6. The van der Waals surface area contributed by atoms with Crippen molar-refractivity contribution in [3.05, 3.63) is 66.0 Å². The minimum atomic E-state index is -4.81. The molecule has 2 aromatic rings. The number of ether oxygens (including phenoxy) is 2. The molecule has 0 atom stereocenters. The third-order valence-electron chi connectivity index (χ3n) is 2.98. The standard InChI is InChI=1S/C18H13F4NO4/c19-13-3-1-2-12(10-13)4-9-17(25)26-11-16(24)23-14-5-7-15(8-6-14)27-18(20,21)22/h1-10H,11H2,(H,23,24)/b9-4+. The van der Waals surface area contributed by atoms with E-state index in [9.17, 15) is 27.2 Å². The van der Waals surface area contributed by atoms with Crippen molar-refractivity contribution in [1.29, 1.82) is 0 Å². The smallest absolute Gasteiger partial charge is 0.452 e. The van der Waals surface area contributed by atoms with E-state index in [2.05, 4.69) is 10.1 Å². The molecule has 0 spiro atoms. The Morgan fingerprint density at radius 1 is 1.07 bits per heavy atom. The van der Waals surface area contributed by atoms with Crippen molar-refractivity contribution in [3.8, 4) is 5.75 Å². The highest BCUT2D eigenvalue weighted by Crippen LogP contribution is 2.23. The van der Waals surface area contributed by atoms with Gasteiger partial charge < -0.3 is 14.8 Å². The molecule has 142 valence electrons.